The fourth-order valence-corrected chi connectivity index (χ4v) is 1.58. The normalized spacial score (nSPS) is 17.5. The first kappa shape index (κ1) is 12.4. The van der Waals surface area contributed by atoms with Crippen molar-refractivity contribution in [1.82, 2.24) is 0 Å². The van der Waals surface area contributed by atoms with E-state index in [-0.39, 0.29) is 5.92 Å². The summed E-state index contributed by atoms with van der Waals surface area (Å²) in [5.74, 6) is -0.218. The molecule has 1 N–H and O–H groups in total. The van der Waals surface area contributed by atoms with E-state index in [4.69, 9.17) is 5.26 Å². The molecule has 13 heavy (non-hydrogen) atoms. The maximum Gasteiger partial charge on any atom is 0.0777 e. The molecule has 0 saturated carbocycles. The van der Waals surface area contributed by atoms with Gasteiger partial charge in [-0.05, 0) is 19.8 Å². The van der Waals surface area contributed by atoms with Gasteiger partial charge < -0.3 is 5.11 Å². The van der Waals surface area contributed by atoms with Crippen molar-refractivity contribution in [3.05, 3.63) is 0 Å². The van der Waals surface area contributed by atoms with E-state index in [1.165, 1.54) is 0 Å². The quantitative estimate of drug-likeness (QED) is 0.643. The highest BCUT2D eigenvalue weighted by atomic mass is 16.3. The van der Waals surface area contributed by atoms with Crippen LogP contribution in [0.5, 0.6) is 0 Å². The van der Waals surface area contributed by atoms with Crippen molar-refractivity contribution in [2.45, 2.75) is 58.5 Å². The summed E-state index contributed by atoms with van der Waals surface area (Å²) in [4.78, 5) is 0. The minimum absolute atomic E-state index is 0.218. The minimum Gasteiger partial charge on any atom is -0.389 e. The molecule has 0 aliphatic rings. The molecule has 0 aromatic rings. The zero-order valence-electron chi connectivity index (χ0n) is 9.01. The van der Waals surface area contributed by atoms with Gasteiger partial charge in [-0.25, -0.2) is 0 Å². The monoisotopic (exact) mass is 183 g/mol. The topological polar surface area (TPSA) is 44.0 Å². The van der Waals surface area contributed by atoms with Crippen LogP contribution in [0.1, 0.15) is 52.9 Å². The van der Waals surface area contributed by atoms with Crippen LogP contribution in [-0.2, 0) is 0 Å². The number of aliphatic hydroxyl groups is 1. The van der Waals surface area contributed by atoms with Crippen LogP contribution >= 0.6 is 0 Å². The fraction of sp³-hybridized carbons (Fsp3) is 0.909. The first-order valence-electron chi connectivity index (χ1n) is 5.20. The number of nitrogens with zero attached hydrogens (tertiary/aromatic N) is 1. The summed E-state index contributed by atoms with van der Waals surface area (Å²) < 4.78 is 0. The lowest BCUT2D eigenvalue weighted by molar-refractivity contribution is 0.00889. The molecule has 0 bridgehead atoms. The molecule has 0 amide bonds. The first-order chi connectivity index (χ1) is 6.08. The summed E-state index contributed by atoms with van der Waals surface area (Å²) in [7, 11) is 0. The van der Waals surface area contributed by atoms with Gasteiger partial charge in [0.2, 0.25) is 0 Å². The highest BCUT2D eigenvalue weighted by Gasteiger charge is 2.29. The molecule has 0 aliphatic carbocycles. The molecule has 0 aromatic carbocycles. The Morgan fingerprint density at radius 1 is 1.38 bits per heavy atom. The molecule has 0 spiro atoms. The van der Waals surface area contributed by atoms with Crippen LogP contribution in [0.25, 0.3) is 0 Å². The van der Waals surface area contributed by atoms with Crippen molar-refractivity contribution in [1.29, 1.82) is 5.26 Å². The van der Waals surface area contributed by atoms with Crippen LogP contribution < -0.4 is 0 Å². The van der Waals surface area contributed by atoms with Crippen LogP contribution in [0.2, 0.25) is 0 Å². The fourth-order valence-electron chi connectivity index (χ4n) is 1.58. The average molecular weight is 183 g/mol. The van der Waals surface area contributed by atoms with Gasteiger partial charge in [-0.3, -0.25) is 0 Å². The molecule has 0 radical (unpaired) electrons. The molecule has 0 saturated heterocycles. The van der Waals surface area contributed by atoms with Gasteiger partial charge in [-0.1, -0.05) is 33.1 Å². The van der Waals surface area contributed by atoms with Crippen LogP contribution in [0.3, 0.4) is 0 Å². The smallest absolute Gasteiger partial charge is 0.0777 e. The van der Waals surface area contributed by atoms with Crippen LogP contribution in [-0.4, -0.2) is 10.7 Å². The molecule has 2 nitrogen and oxygen atoms in total. The van der Waals surface area contributed by atoms with Crippen molar-refractivity contribution in [3.63, 3.8) is 0 Å². The number of unbranched alkanes of at least 4 members (excludes halogenated alkanes) is 2. The Morgan fingerprint density at radius 3 is 2.38 bits per heavy atom. The molecule has 0 aromatic heterocycles. The maximum atomic E-state index is 9.98. The lowest BCUT2D eigenvalue weighted by Gasteiger charge is -2.27. The highest BCUT2D eigenvalue weighted by molar-refractivity contribution is 4.95. The Kier molecular flexibility index (Phi) is 5.73. The van der Waals surface area contributed by atoms with E-state index in [0.717, 1.165) is 32.1 Å². The molecular formula is C11H21NO. The number of rotatable bonds is 6. The van der Waals surface area contributed by atoms with Crippen LogP contribution in [0.4, 0.5) is 0 Å². The predicted molar refractivity (Wildman–Crippen MR) is 54.2 cm³/mol. The van der Waals surface area contributed by atoms with Gasteiger partial charge in [0.05, 0.1) is 17.6 Å². The zero-order chi connectivity index (χ0) is 10.3. The Morgan fingerprint density at radius 2 is 2.00 bits per heavy atom. The van der Waals surface area contributed by atoms with Gasteiger partial charge >= 0.3 is 0 Å². The highest BCUT2D eigenvalue weighted by Crippen LogP contribution is 2.25. The van der Waals surface area contributed by atoms with Crippen molar-refractivity contribution in [2.24, 2.45) is 5.92 Å². The second kappa shape index (κ2) is 5.99. The first-order valence-corrected chi connectivity index (χ1v) is 5.20. The van der Waals surface area contributed by atoms with E-state index in [1.807, 2.05) is 6.92 Å². The number of hydrogen-bond acceptors (Lipinski definition) is 2. The summed E-state index contributed by atoms with van der Waals surface area (Å²) in [5, 5.41) is 18.8. The maximum absolute atomic E-state index is 9.98. The van der Waals surface area contributed by atoms with Crippen molar-refractivity contribution in [3.8, 4) is 6.07 Å². The van der Waals surface area contributed by atoms with Gasteiger partial charge in [0.1, 0.15) is 0 Å². The van der Waals surface area contributed by atoms with E-state index in [2.05, 4.69) is 13.0 Å². The van der Waals surface area contributed by atoms with E-state index in [9.17, 15) is 5.11 Å². The Labute approximate surface area is 81.6 Å². The van der Waals surface area contributed by atoms with Crippen LogP contribution in [0, 0.1) is 17.2 Å². The lowest BCUT2D eigenvalue weighted by Crippen LogP contribution is -2.33. The molecule has 0 rings (SSSR count). The number of nitriles is 1. The Balaban J connectivity index is 3.98. The molecule has 0 aliphatic heterocycles. The second-order valence-electron chi connectivity index (χ2n) is 3.90. The van der Waals surface area contributed by atoms with Gasteiger partial charge in [0.25, 0.3) is 0 Å². The van der Waals surface area contributed by atoms with Crippen molar-refractivity contribution >= 4 is 0 Å². The predicted octanol–water partition coefficient (Wildman–Crippen LogP) is 2.87. The van der Waals surface area contributed by atoms with Gasteiger partial charge in [0.15, 0.2) is 0 Å². The minimum atomic E-state index is -0.793. The molecular weight excluding hydrogens is 162 g/mol. The Hall–Kier alpha value is -0.550. The summed E-state index contributed by atoms with van der Waals surface area (Å²) in [5.41, 5.74) is -0.793. The van der Waals surface area contributed by atoms with Crippen LogP contribution in [0.15, 0.2) is 0 Å². The lowest BCUT2D eigenvalue weighted by atomic mass is 9.84. The third-order valence-electron chi connectivity index (χ3n) is 2.60. The van der Waals surface area contributed by atoms with E-state index in [1.54, 1.807) is 6.92 Å². The molecule has 76 valence electrons. The van der Waals surface area contributed by atoms with Gasteiger partial charge in [0, 0.05) is 0 Å². The largest absolute Gasteiger partial charge is 0.389 e. The molecule has 0 heterocycles. The van der Waals surface area contributed by atoms with E-state index < -0.39 is 5.60 Å². The molecule has 2 unspecified atom stereocenters. The summed E-state index contributed by atoms with van der Waals surface area (Å²) in [6, 6.07) is 2.17. The van der Waals surface area contributed by atoms with Crippen molar-refractivity contribution < 1.29 is 5.11 Å². The summed E-state index contributed by atoms with van der Waals surface area (Å²) in [6.07, 6.45) is 4.78. The van der Waals surface area contributed by atoms with E-state index in [0.29, 0.717) is 0 Å². The standard InChI is InChI=1S/C11H21NO/c1-4-6-7-8-11(3,13)10(5-2)9-12/h10,13H,4-8H2,1-3H3. The second-order valence-corrected chi connectivity index (χ2v) is 3.90. The van der Waals surface area contributed by atoms with Gasteiger partial charge in [-0.15, -0.1) is 0 Å². The van der Waals surface area contributed by atoms with E-state index >= 15 is 0 Å². The SMILES string of the molecule is CCCCCC(C)(O)C(C#N)CC. The Bertz CT molecular complexity index is 169. The van der Waals surface area contributed by atoms with Crippen molar-refractivity contribution in [2.75, 3.05) is 0 Å². The summed E-state index contributed by atoms with van der Waals surface area (Å²) >= 11 is 0. The third kappa shape index (κ3) is 4.28. The molecule has 2 heteroatoms. The molecule has 0 fully saturated rings. The number of hydrogen-bond donors (Lipinski definition) is 1. The molecule has 2 atom stereocenters. The van der Waals surface area contributed by atoms with Gasteiger partial charge in [-0.2, -0.15) is 5.26 Å². The summed E-state index contributed by atoms with van der Waals surface area (Å²) in [6.45, 7) is 5.86. The zero-order valence-corrected chi connectivity index (χ0v) is 9.01. The third-order valence-corrected chi connectivity index (χ3v) is 2.60. The average Bonchev–Trinajstić information content (AvgIpc) is 2.06.